The zero-order chi connectivity index (χ0) is 20.5. The maximum Gasteiger partial charge on any atom is 0.0773 e. The van der Waals surface area contributed by atoms with Crippen molar-refractivity contribution in [1.82, 2.24) is 0 Å². The van der Waals surface area contributed by atoms with E-state index in [1.165, 1.54) is 70.6 Å². The molecule has 4 nitrogen and oxygen atoms in total. The molecule has 1 atom stereocenters. The summed E-state index contributed by atoms with van der Waals surface area (Å²) in [7, 11) is 0. The first-order valence-corrected chi connectivity index (χ1v) is 12.2. The Kier molecular flexibility index (Phi) is 24.7. The number of unbranched alkanes of at least 4 members (excludes halogenated alkanes) is 12. The van der Waals surface area contributed by atoms with E-state index in [2.05, 4.69) is 13.8 Å². The van der Waals surface area contributed by atoms with E-state index >= 15 is 0 Å². The fourth-order valence-corrected chi connectivity index (χ4v) is 3.21. The SMILES string of the molecule is CCCCCCCCCCCCCCC(O)COCCOCCOCCCC. The van der Waals surface area contributed by atoms with E-state index in [1.807, 2.05) is 0 Å². The van der Waals surface area contributed by atoms with Crippen molar-refractivity contribution in [2.75, 3.05) is 39.6 Å². The van der Waals surface area contributed by atoms with Crippen molar-refractivity contribution in [2.24, 2.45) is 0 Å². The van der Waals surface area contributed by atoms with Gasteiger partial charge in [0.05, 0.1) is 39.1 Å². The molecule has 0 saturated carbocycles. The molecule has 0 aromatic carbocycles. The molecule has 0 saturated heterocycles. The van der Waals surface area contributed by atoms with Crippen LogP contribution in [0.15, 0.2) is 0 Å². The normalized spacial score (nSPS) is 12.5. The molecule has 0 rings (SSSR count). The van der Waals surface area contributed by atoms with Gasteiger partial charge in [-0.15, -0.1) is 0 Å². The molecule has 0 aliphatic carbocycles. The lowest BCUT2D eigenvalue weighted by Gasteiger charge is -2.11. The minimum Gasteiger partial charge on any atom is -0.391 e. The van der Waals surface area contributed by atoms with Crippen molar-refractivity contribution in [1.29, 1.82) is 0 Å². The highest BCUT2D eigenvalue weighted by Crippen LogP contribution is 2.13. The number of aliphatic hydroxyl groups is 1. The van der Waals surface area contributed by atoms with E-state index < -0.39 is 0 Å². The largest absolute Gasteiger partial charge is 0.391 e. The number of rotatable bonds is 24. The average Bonchev–Trinajstić information content (AvgIpc) is 2.70. The van der Waals surface area contributed by atoms with Crippen LogP contribution >= 0.6 is 0 Å². The predicted octanol–water partition coefficient (Wildman–Crippen LogP) is 6.29. The summed E-state index contributed by atoms with van der Waals surface area (Å²) >= 11 is 0. The molecule has 0 aliphatic heterocycles. The lowest BCUT2D eigenvalue weighted by Crippen LogP contribution is -2.17. The van der Waals surface area contributed by atoms with Crippen LogP contribution in [0.5, 0.6) is 0 Å². The van der Waals surface area contributed by atoms with Crippen LogP contribution in [0, 0.1) is 0 Å². The Labute approximate surface area is 175 Å². The predicted molar refractivity (Wildman–Crippen MR) is 119 cm³/mol. The highest BCUT2D eigenvalue weighted by molar-refractivity contribution is 4.55. The number of hydrogen-bond acceptors (Lipinski definition) is 4. The van der Waals surface area contributed by atoms with E-state index in [0.29, 0.717) is 33.0 Å². The Hall–Kier alpha value is -0.160. The third-order valence-electron chi connectivity index (χ3n) is 5.09. The maximum absolute atomic E-state index is 9.95. The Balaban J connectivity index is 3.12. The molecule has 0 heterocycles. The van der Waals surface area contributed by atoms with Gasteiger partial charge in [0.15, 0.2) is 0 Å². The molecule has 0 bridgehead atoms. The first-order valence-electron chi connectivity index (χ1n) is 12.2. The summed E-state index contributed by atoms with van der Waals surface area (Å²) in [5.74, 6) is 0. The lowest BCUT2D eigenvalue weighted by atomic mass is 10.0. The summed E-state index contributed by atoms with van der Waals surface area (Å²) < 4.78 is 16.3. The second kappa shape index (κ2) is 24.9. The first-order chi connectivity index (χ1) is 13.8. The summed E-state index contributed by atoms with van der Waals surface area (Å²) in [6.07, 6.45) is 19.0. The maximum atomic E-state index is 9.95. The quantitative estimate of drug-likeness (QED) is 0.193. The minimum absolute atomic E-state index is 0.333. The molecule has 4 heteroatoms. The molecule has 0 spiro atoms. The van der Waals surface area contributed by atoms with Gasteiger partial charge in [0, 0.05) is 6.61 Å². The van der Waals surface area contributed by atoms with E-state index in [-0.39, 0.29) is 6.10 Å². The minimum atomic E-state index is -0.333. The zero-order valence-electron chi connectivity index (χ0n) is 19.1. The molecule has 28 heavy (non-hydrogen) atoms. The molecule has 0 aromatic rings. The van der Waals surface area contributed by atoms with Gasteiger partial charge in [-0.05, 0) is 12.8 Å². The van der Waals surface area contributed by atoms with Crippen LogP contribution in [-0.2, 0) is 14.2 Å². The van der Waals surface area contributed by atoms with Crippen LogP contribution in [0.1, 0.15) is 110 Å². The third kappa shape index (κ3) is 23.9. The molecule has 0 aromatic heterocycles. The van der Waals surface area contributed by atoms with Crippen molar-refractivity contribution < 1.29 is 19.3 Å². The van der Waals surface area contributed by atoms with Gasteiger partial charge in [-0.3, -0.25) is 0 Å². The van der Waals surface area contributed by atoms with Crippen molar-refractivity contribution in [3.63, 3.8) is 0 Å². The average molecular weight is 403 g/mol. The van der Waals surface area contributed by atoms with Gasteiger partial charge < -0.3 is 19.3 Å². The third-order valence-corrected chi connectivity index (χ3v) is 5.09. The summed E-state index contributed by atoms with van der Waals surface area (Å²) in [5.41, 5.74) is 0. The highest BCUT2D eigenvalue weighted by Gasteiger charge is 2.04. The number of hydrogen-bond donors (Lipinski definition) is 1. The van der Waals surface area contributed by atoms with Crippen LogP contribution in [0.3, 0.4) is 0 Å². The molecule has 0 fully saturated rings. The number of aliphatic hydroxyl groups excluding tert-OH is 1. The fraction of sp³-hybridized carbons (Fsp3) is 1.00. The molecule has 0 aliphatic rings. The van der Waals surface area contributed by atoms with Gasteiger partial charge in [0.1, 0.15) is 0 Å². The molecule has 0 radical (unpaired) electrons. The van der Waals surface area contributed by atoms with E-state index in [9.17, 15) is 5.11 Å². The zero-order valence-corrected chi connectivity index (χ0v) is 19.1. The van der Waals surface area contributed by atoms with Gasteiger partial charge in [-0.1, -0.05) is 97.3 Å². The second-order valence-electron chi connectivity index (χ2n) is 7.98. The van der Waals surface area contributed by atoms with Gasteiger partial charge in [0.2, 0.25) is 0 Å². The molecule has 1 unspecified atom stereocenters. The number of ether oxygens (including phenoxy) is 3. The van der Waals surface area contributed by atoms with E-state index in [0.717, 1.165) is 32.3 Å². The van der Waals surface area contributed by atoms with Crippen LogP contribution in [-0.4, -0.2) is 50.9 Å². The van der Waals surface area contributed by atoms with Gasteiger partial charge in [-0.25, -0.2) is 0 Å². The van der Waals surface area contributed by atoms with E-state index in [4.69, 9.17) is 14.2 Å². The summed E-state index contributed by atoms with van der Waals surface area (Å²) in [5, 5.41) is 9.95. The van der Waals surface area contributed by atoms with Crippen LogP contribution < -0.4 is 0 Å². The standard InChI is InChI=1S/C24H50O4/c1-3-5-7-8-9-10-11-12-13-14-15-16-17-24(25)23-28-22-21-27-20-19-26-18-6-4-2/h24-25H,3-23H2,1-2H3. The Bertz CT molecular complexity index is 273. The van der Waals surface area contributed by atoms with Crippen LogP contribution in [0.2, 0.25) is 0 Å². The molecule has 1 N–H and O–H groups in total. The van der Waals surface area contributed by atoms with Crippen molar-refractivity contribution in [3.05, 3.63) is 0 Å². The topological polar surface area (TPSA) is 47.9 Å². The smallest absolute Gasteiger partial charge is 0.0773 e. The van der Waals surface area contributed by atoms with Gasteiger partial charge >= 0.3 is 0 Å². The van der Waals surface area contributed by atoms with Crippen molar-refractivity contribution in [3.8, 4) is 0 Å². The Morgan fingerprint density at radius 3 is 1.46 bits per heavy atom. The van der Waals surface area contributed by atoms with E-state index in [1.54, 1.807) is 0 Å². The van der Waals surface area contributed by atoms with Gasteiger partial charge in [-0.2, -0.15) is 0 Å². The Morgan fingerprint density at radius 1 is 0.500 bits per heavy atom. The highest BCUT2D eigenvalue weighted by atomic mass is 16.5. The van der Waals surface area contributed by atoms with Crippen molar-refractivity contribution >= 4 is 0 Å². The van der Waals surface area contributed by atoms with Crippen molar-refractivity contribution in [2.45, 2.75) is 116 Å². The second-order valence-corrected chi connectivity index (χ2v) is 7.98. The first kappa shape index (κ1) is 27.8. The fourth-order valence-electron chi connectivity index (χ4n) is 3.21. The summed E-state index contributed by atoms with van der Waals surface area (Å²) in [4.78, 5) is 0. The molecule has 170 valence electrons. The van der Waals surface area contributed by atoms with Crippen LogP contribution in [0.4, 0.5) is 0 Å². The monoisotopic (exact) mass is 402 g/mol. The lowest BCUT2D eigenvalue weighted by molar-refractivity contribution is -0.0119. The van der Waals surface area contributed by atoms with Crippen LogP contribution in [0.25, 0.3) is 0 Å². The summed E-state index contributed by atoms with van der Waals surface area (Å²) in [6.45, 7) is 8.07. The molecular weight excluding hydrogens is 352 g/mol. The Morgan fingerprint density at radius 2 is 0.929 bits per heavy atom. The van der Waals surface area contributed by atoms with Gasteiger partial charge in [0.25, 0.3) is 0 Å². The molecule has 0 amide bonds. The summed E-state index contributed by atoms with van der Waals surface area (Å²) in [6, 6.07) is 0. The molecular formula is C24H50O4.